The standard InChI is InChI=1S/C22H26Cl3N3O/c1-3-4-5-6-15-7-9-28(10-8-15)22-19(13-29)27-21(14(2)26-22)17-11-16(23)12-18(24)20(17)25/h7,11-12,29H,3-6,8-10,13H2,1-2H3. The molecule has 1 aromatic heterocycles. The maximum absolute atomic E-state index is 9.96. The van der Waals surface area contributed by atoms with Crippen molar-refractivity contribution in [2.24, 2.45) is 0 Å². The van der Waals surface area contributed by atoms with Gasteiger partial charge in [0.2, 0.25) is 0 Å². The number of nitrogens with zero attached hydrogens (tertiary/aromatic N) is 3. The summed E-state index contributed by atoms with van der Waals surface area (Å²) in [5, 5.41) is 11.2. The summed E-state index contributed by atoms with van der Waals surface area (Å²) in [7, 11) is 0. The summed E-state index contributed by atoms with van der Waals surface area (Å²) < 4.78 is 0. The maximum Gasteiger partial charge on any atom is 0.153 e. The third-order valence-corrected chi connectivity index (χ3v) is 6.24. The van der Waals surface area contributed by atoms with Crippen LogP contribution in [0.5, 0.6) is 0 Å². The van der Waals surface area contributed by atoms with Crippen molar-refractivity contribution in [1.82, 2.24) is 9.97 Å². The Kier molecular flexibility index (Phi) is 7.80. The predicted molar refractivity (Wildman–Crippen MR) is 122 cm³/mol. The highest BCUT2D eigenvalue weighted by Crippen LogP contribution is 2.37. The molecule has 2 aromatic rings. The maximum atomic E-state index is 9.96. The molecular formula is C22H26Cl3N3O. The molecule has 0 radical (unpaired) electrons. The third kappa shape index (κ3) is 5.24. The van der Waals surface area contributed by atoms with Crippen molar-refractivity contribution in [2.45, 2.75) is 52.6 Å². The molecule has 29 heavy (non-hydrogen) atoms. The Morgan fingerprint density at radius 3 is 2.59 bits per heavy atom. The van der Waals surface area contributed by atoms with Crippen LogP contribution in [0, 0.1) is 6.92 Å². The van der Waals surface area contributed by atoms with E-state index >= 15 is 0 Å². The fraction of sp³-hybridized carbons (Fsp3) is 0.455. The van der Waals surface area contributed by atoms with E-state index in [4.69, 9.17) is 39.8 Å². The number of unbranched alkanes of at least 4 members (excludes halogenated alkanes) is 2. The number of aryl methyl sites for hydroxylation is 1. The van der Waals surface area contributed by atoms with Gasteiger partial charge >= 0.3 is 0 Å². The second-order valence-corrected chi connectivity index (χ2v) is 8.57. The van der Waals surface area contributed by atoms with Crippen LogP contribution in [0.1, 0.15) is 50.4 Å². The zero-order valence-corrected chi connectivity index (χ0v) is 19.1. The van der Waals surface area contributed by atoms with Gasteiger partial charge in [0.25, 0.3) is 0 Å². The minimum Gasteiger partial charge on any atom is -0.390 e. The minimum atomic E-state index is -0.203. The molecule has 0 spiro atoms. The van der Waals surface area contributed by atoms with Gasteiger partial charge < -0.3 is 10.0 Å². The quantitative estimate of drug-likeness (QED) is 0.290. The predicted octanol–water partition coefficient (Wildman–Crippen LogP) is 6.62. The Morgan fingerprint density at radius 2 is 1.93 bits per heavy atom. The van der Waals surface area contributed by atoms with Gasteiger partial charge in [0, 0.05) is 23.7 Å². The Morgan fingerprint density at radius 1 is 1.14 bits per heavy atom. The summed E-state index contributed by atoms with van der Waals surface area (Å²) in [5.74, 6) is 0.724. The number of aliphatic hydroxyl groups excluding tert-OH is 1. The van der Waals surface area contributed by atoms with E-state index < -0.39 is 0 Å². The number of anilines is 1. The molecule has 1 aromatic carbocycles. The van der Waals surface area contributed by atoms with Gasteiger partial charge in [-0.05, 0) is 38.3 Å². The smallest absolute Gasteiger partial charge is 0.153 e. The minimum absolute atomic E-state index is 0.203. The van der Waals surface area contributed by atoms with Gasteiger partial charge in [0.05, 0.1) is 28.0 Å². The van der Waals surface area contributed by atoms with Crippen LogP contribution in [-0.4, -0.2) is 28.2 Å². The Labute approximate surface area is 187 Å². The second kappa shape index (κ2) is 10.1. The molecule has 2 heterocycles. The molecule has 1 N–H and O–H groups in total. The first-order valence-electron chi connectivity index (χ1n) is 10.0. The van der Waals surface area contributed by atoms with E-state index in [9.17, 15) is 5.11 Å². The van der Waals surface area contributed by atoms with E-state index in [2.05, 4.69) is 22.9 Å². The summed E-state index contributed by atoms with van der Waals surface area (Å²) in [6.07, 6.45) is 8.25. The molecule has 3 rings (SSSR count). The molecule has 0 saturated heterocycles. The largest absolute Gasteiger partial charge is 0.390 e. The van der Waals surface area contributed by atoms with Crippen LogP contribution in [0.25, 0.3) is 11.3 Å². The van der Waals surface area contributed by atoms with Crippen LogP contribution in [0.15, 0.2) is 23.8 Å². The highest BCUT2D eigenvalue weighted by Gasteiger charge is 2.21. The van der Waals surface area contributed by atoms with Crippen molar-refractivity contribution < 1.29 is 5.11 Å². The van der Waals surface area contributed by atoms with Crippen molar-refractivity contribution in [3.63, 3.8) is 0 Å². The lowest BCUT2D eigenvalue weighted by molar-refractivity contribution is 0.276. The average Bonchev–Trinajstić information content (AvgIpc) is 2.71. The topological polar surface area (TPSA) is 49.2 Å². The lowest BCUT2D eigenvalue weighted by Crippen LogP contribution is -2.31. The van der Waals surface area contributed by atoms with E-state index in [0.717, 1.165) is 31.0 Å². The molecule has 0 bridgehead atoms. The normalized spacial score (nSPS) is 14.3. The number of halogens is 3. The zero-order chi connectivity index (χ0) is 21.0. The monoisotopic (exact) mass is 453 g/mol. The van der Waals surface area contributed by atoms with E-state index in [0.29, 0.717) is 32.0 Å². The van der Waals surface area contributed by atoms with Crippen molar-refractivity contribution in [3.05, 3.63) is 50.2 Å². The molecule has 4 nitrogen and oxygen atoms in total. The lowest BCUT2D eigenvalue weighted by Gasteiger charge is -2.29. The van der Waals surface area contributed by atoms with Crippen LogP contribution >= 0.6 is 34.8 Å². The lowest BCUT2D eigenvalue weighted by atomic mass is 10.0. The van der Waals surface area contributed by atoms with Crippen LogP contribution in [-0.2, 0) is 6.61 Å². The second-order valence-electron chi connectivity index (χ2n) is 7.35. The van der Waals surface area contributed by atoms with Gasteiger partial charge in [-0.2, -0.15) is 0 Å². The fourth-order valence-corrected chi connectivity index (χ4v) is 4.31. The van der Waals surface area contributed by atoms with Crippen molar-refractivity contribution >= 4 is 40.6 Å². The molecule has 0 atom stereocenters. The number of hydrogen-bond donors (Lipinski definition) is 1. The average molecular weight is 455 g/mol. The van der Waals surface area contributed by atoms with Crippen molar-refractivity contribution in [3.8, 4) is 11.3 Å². The SMILES string of the molecule is CCCCCC1=CCN(c2nc(C)c(-c3cc(Cl)cc(Cl)c3Cl)nc2CO)CC1. The van der Waals surface area contributed by atoms with E-state index in [1.807, 2.05) is 6.92 Å². The molecule has 1 aliphatic rings. The van der Waals surface area contributed by atoms with Gasteiger partial charge in [-0.3, -0.25) is 0 Å². The highest BCUT2D eigenvalue weighted by atomic mass is 35.5. The molecule has 0 amide bonds. The molecule has 0 aliphatic carbocycles. The molecule has 0 saturated carbocycles. The van der Waals surface area contributed by atoms with Gasteiger partial charge in [0.15, 0.2) is 5.82 Å². The fourth-order valence-electron chi connectivity index (χ4n) is 3.62. The van der Waals surface area contributed by atoms with Crippen molar-refractivity contribution in [2.75, 3.05) is 18.0 Å². The molecule has 1 aliphatic heterocycles. The van der Waals surface area contributed by atoms with E-state index in [1.165, 1.54) is 31.3 Å². The highest BCUT2D eigenvalue weighted by molar-refractivity contribution is 6.45. The van der Waals surface area contributed by atoms with Gasteiger partial charge in [-0.15, -0.1) is 0 Å². The van der Waals surface area contributed by atoms with E-state index in [1.54, 1.807) is 12.1 Å². The Balaban J connectivity index is 1.89. The summed E-state index contributed by atoms with van der Waals surface area (Å²) in [5.41, 5.74) is 3.96. The van der Waals surface area contributed by atoms with Gasteiger partial charge in [-0.25, -0.2) is 9.97 Å². The van der Waals surface area contributed by atoms with Gasteiger partial charge in [0.1, 0.15) is 5.69 Å². The van der Waals surface area contributed by atoms with Crippen LogP contribution in [0.3, 0.4) is 0 Å². The van der Waals surface area contributed by atoms with E-state index in [-0.39, 0.29) is 6.61 Å². The molecule has 156 valence electrons. The van der Waals surface area contributed by atoms with Crippen LogP contribution in [0.4, 0.5) is 5.82 Å². The summed E-state index contributed by atoms with van der Waals surface area (Å²) in [4.78, 5) is 11.6. The number of aromatic nitrogens is 2. The summed E-state index contributed by atoms with van der Waals surface area (Å²) in [6.45, 7) is 5.57. The van der Waals surface area contributed by atoms with Crippen molar-refractivity contribution in [1.29, 1.82) is 0 Å². The Hall–Kier alpha value is -1.33. The number of hydrogen-bond acceptors (Lipinski definition) is 4. The van der Waals surface area contributed by atoms with Gasteiger partial charge in [-0.1, -0.05) is 66.2 Å². The zero-order valence-electron chi connectivity index (χ0n) is 16.8. The summed E-state index contributed by atoms with van der Waals surface area (Å²) >= 11 is 18.7. The first kappa shape index (κ1) is 22.4. The number of rotatable bonds is 7. The molecule has 7 heteroatoms. The molecular weight excluding hydrogens is 429 g/mol. The molecule has 0 fully saturated rings. The third-order valence-electron chi connectivity index (χ3n) is 5.22. The number of aliphatic hydroxyl groups is 1. The first-order valence-corrected chi connectivity index (χ1v) is 11.1. The van der Waals surface area contributed by atoms with Crippen LogP contribution < -0.4 is 4.90 Å². The number of benzene rings is 1. The summed E-state index contributed by atoms with van der Waals surface area (Å²) in [6, 6.07) is 3.32. The molecule has 0 unspecified atom stereocenters. The Bertz CT molecular complexity index is 915. The van der Waals surface area contributed by atoms with Crippen LogP contribution in [0.2, 0.25) is 15.1 Å². The first-order chi connectivity index (χ1) is 13.9.